The fourth-order valence-electron chi connectivity index (χ4n) is 3.63. The van der Waals surface area contributed by atoms with Crippen LogP contribution in [-0.4, -0.2) is 43.1 Å². The minimum Gasteiger partial charge on any atom is -0.490 e. The van der Waals surface area contributed by atoms with Gasteiger partial charge < -0.3 is 15.0 Å². The molecule has 2 fully saturated rings. The minimum absolute atomic E-state index is 0.115. The first-order valence-corrected chi connectivity index (χ1v) is 8.98. The SMILES string of the molecule is CN(C(=O)c1ccc(OC2CCCC2)cc1)C1CCCNCC1. The highest BCUT2D eigenvalue weighted by Crippen LogP contribution is 2.24. The van der Waals surface area contributed by atoms with Crippen molar-refractivity contribution < 1.29 is 9.53 Å². The van der Waals surface area contributed by atoms with Gasteiger partial charge in [0.1, 0.15) is 5.75 Å². The third-order valence-corrected chi connectivity index (χ3v) is 5.12. The largest absolute Gasteiger partial charge is 0.490 e. The molecule has 4 nitrogen and oxygen atoms in total. The van der Waals surface area contributed by atoms with Crippen molar-refractivity contribution in [2.75, 3.05) is 20.1 Å². The number of carbonyl (C=O) groups is 1. The Hall–Kier alpha value is -1.55. The molecule has 23 heavy (non-hydrogen) atoms. The Balaban J connectivity index is 1.59. The highest BCUT2D eigenvalue weighted by atomic mass is 16.5. The Kier molecular flexibility index (Phi) is 5.55. The van der Waals surface area contributed by atoms with Crippen LogP contribution in [0.2, 0.25) is 0 Å². The second-order valence-corrected chi connectivity index (χ2v) is 6.80. The van der Waals surface area contributed by atoms with Crippen LogP contribution in [0.25, 0.3) is 0 Å². The Labute approximate surface area is 139 Å². The highest BCUT2D eigenvalue weighted by Gasteiger charge is 2.22. The third kappa shape index (κ3) is 4.25. The summed E-state index contributed by atoms with van der Waals surface area (Å²) in [6, 6.07) is 8.02. The average Bonchev–Trinajstić information content (AvgIpc) is 2.94. The van der Waals surface area contributed by atoms with E-state index >= 15 is 0 Å². The van der Waals surface area contributed by atoms with Crippen molar-refractivity contribution in [3.05, 3.63) is 29.8 Å². The molecule has 0 bridgehead atoms. The van der Waals surface area contributed by atoms with E-state index in [2.05, 4.69) is 5.32 Å². The zero-order chi connectivity index (χ0) is 16.1. The first kappa shape index (κ1) is 16.3. The summed E-state index contributed by atoms with van der Waals surface area (Å²) in [5.74, 6) is 0.999. The molecule has 1 aromatic carbocycles. The number of carbonyl (C=O) groups excluding carboxylic acids is 1. The van der Waals surface area contributed by atoms with Crippen LogP contribution in [0.15, 0.2) is 24.3 Å². The lowest BCUT2D eigenvalue weighted by molar-refractivity contribution is 0.0720. The standard InChI is InChI=1S/C19H28N2O2/c1-21(16-5-4-13-20-14-12-16)19(22)15-8-10-18(11-9-15)23-17-6-2-3-7-17/h8-11,16-17,20H,2-7,12-14H2,1H3. The lowest BCUT2D eigenvalue weighted by atomic mass is 10.1. The summed E-state index contributed by atoms with van der Waals surface area (Å²) < 4.78 is 5.97. The zero-order valence-corrected chi connectivity index (χ0v) is 14.1. The summed E-state index contributed by atoms with van der Waals surface area (Å²) >= 11 is 0. The predicted molar refractivity (Wildman–Crippen MR) is 91.9 cm³/mol. The van der Waals surface area contributed by atoms with E-state index in [1.165, 1.54) is 12.8 Å². The number of benzene rings is 1. The molecule has 1 heterocycles. The quantitative estimate of drug-likeness (QED) is 0.927. The number of amides is 1. The van der Waals surface area contributed by atoms with Crippen molar-refractivity contribution in [3.8, 4) is 5.75 Å². The number of ether oxygens (including phenoxy) is 1. The molecule has 126 valence electrons. The first-order valence-electron chi connectivity index (χ1n) is 8.98. The second kappa shape index (κ2) is 7.82. The number of nitrogens with zero attached hydrogens (tertiary/aromatic N) is 1. The van der Waals surface area contributed by atoms with Gasteiger partial charge in [0.25, 0.3) is 5.91 Å². The van der Waals surface area contributed by atoms with Crippen LogP contribution < -0.4 is 10.1 Å². The molecule has 0 radical (unpaired) electrons. The molecule has 1 unspecified atom stereocenters. The lowest BCUT2D eigenvalue weighted by Crippen LogP contribution is -2.37. The molecule has 2 aliphatic rings. The summed E-state index contributed by atoms with van der Waals surface area (Å²) in [5, 5.41) is 3.40. The molecule has 4 heteroatoms. The van der Waals surface area contributed by atoms with Gasteiger partial charge in [-0.1, -0.05) is 0 Å². The van der Waals surface area contributed by atoms with Gasteiger partial charge in [-0.2, -0.15) is 0 Å². The van der Waals surface area contributed by atoms with E-state index in [-0.39, 0.29) is 5.91 Å². The smallest absolute Gasteiger partial charge is 0.253 e. The van der Waals surface area contributed by atoms with Gasteiger partial charge in [-0.05, 0) is 82.3 Å². The van der Waals surface area contributed by atoms with E-state index in [1.54, 1.807) is 0 Å². The molecular weight excluding hydrogens is 288 g/mol. The Morgan fingerprint density at radius 1 is 1.04 bits per heavy atom. The summed E-state index contributed by atoms with van der Waals surface area (Å²) in [5.41, 5.74) is 0.753. The van der Waals surface area contributed by atoms with Gasteiger partial charge in [-0.25, -0.2) is 0 Å². The van der Waals surface area contributed by atoms with Crippen molar-refractivity contribution in [1.29, 1.82) is 0 Å². The molecule has 1 saturated carbocycles. The molecular formula is C19H28N2O2. The summed E-state index contributed by atoms with van der Waals surface area (Å²) in [4.78, 5) is 14.6. The van der Waals surface area contributed by atoms with Gasteiger partial charge in [-0.15, -0.1) is 0 Å². The van der Waals surface area contributed by atoms with Crippen molar-refractivity contribution in [3.63, 3.8) is 0 Å². The second-order valence-electron chi connectivity index (χ2n) is 6.80. The Bertz CT molecular complexity index is 501. The average molecular weight is 316 g/mol. The zero-order valence-electron chi connectivity index (χ0n) is 14.1. The van der Waals surface area contributed by atoms with Gasteiger partial charge in [0.2, 0.25) is 0 Å². The molecule has 3 rings (SSSR count). The van der Waals surface area contributed by atoms with Crippen LogP contribution in [-0.2, 0) is 0 Å². The van der Waals surface area contributed by atoms with Crippen LogP contribution in [0, 0.1) is 0 Å². The van der Waals surface area contributed by atoms with Crippen molar-refractivity contribution >= 4 is 5.91 Å². The summed E-state index contributed by atoms with van der Waals surface area (Å²) in [6.45, 7) is 2.06. The molecule has 1 amide bonds. The van der Waals surface area contributed by atoms with E-state index < -0.39 is 0 Å². The van der Waals surface area contributed by atoms with Crippen LogP contribution in [0.5, 0.6) is 5.75 Å². The molecule has 1 aliphatic carbocycles. The topological polar surface area (TPSA) is 41.6 Å². The Morgan fingerprint density at radius 3 is 2.52 bits per heavy atom. The maximum Gasteiger partial charge on any atom is 0.253 e. The third-order valence-electron chi connectivity index (χ3n) is 5.12. The van der Waals surface area contributed by atoms with E-state index in [4.69, 9.17) is 4.74 Å². The number of nitrogens with one attached hydrogen (secondary N) is 1. The maximum atomic E-state index is 12.7. The van der Waals surface area contributed by atoms with E-state index in [0.29, 0.717) is 12.1 Å². The Morgan fingerprint density at radius 2 is 1.78 bits per heavy atom. The van der Waals surface area contributed by atoms with Gasteiger partial charge >= 0.3 is 0 Å². The van der Waals surface area contributed by atoms with Crippen LogP contribution >= 0.6 is 0 Å². The monoisotopic (exact) mass is 316 g/mol. The minimum atomic E-state index is 0.115. The highest BCUT2D eigenvalue weighted by molar-refractivity contribution is 5.94. The maximum absolute atomic E-state index is 12.7. The van der Waals surface area contributed by atoms with Gasteiger partial charge in [0.15, 0.2) is 0 Å². The predicted octanol–water partition coefficient (Wildman–Crippen LogP) is 3.22. The van der Waals surface area contributed by atoms with Gasteiger partial charge in [0, 0.05) is 18.7 Å². The molecule has 1 aliphatic heterocycles. The van der Waals surface area contributed by atoms with E-state index in [0.717, 1.165) is 56.5 Å². The molecule has 1 saturated heterocycles. The number of hydrogen-bond donors (Lipinski definition) is 1. The summed E-state index contributed by atoms with van der Waals surface area (Å²) in [7, 11) is 1.93. The van der Waals surface area contributed by atoms with Crippen molar-refractivity contribution in [2.45, 2.75) is 57.1 Å². The van der Waals surface area contributed by atoms with E-state index in [1.807, 2.05) is 36.2 Å². The molecule has 0 spiro atoms. The molecule has 0 aromatic heterocycles. The van der Waals surface area contributed by atoms with Crippen LogP contribution in [0.1, 0.15) is 55.3 Å². The fraction of sp³-hybridized carbons (Fsp3) is 0.632. The number of hydrogen-bond acceptors (Lipinski definition) is 3. The van der Waals surface area contributed by atoms with Crippen molar-refractivity contribution in [2.24, 2.45) is 0 Å². The summed E-state index contributed by atoms with van der Waals surface area (Å²) in [6.07, 6.45) is 8.44. The van der Waals surface area contributed by atoms with Crippen LogP contribution in [0.4, 0.5) is 0 Å². The first-order chi connectivity index (χ1) is 11.2. The van der Waals surface area contributed by atoms with Crippen molar-refractivity contribution in [1.82, 2.24) is 10.2 Å². The molecule has 1 atom stereocenters. The van der Waals surface area contributed by atoms with Gasteiger partial charge in [0.05, 0.1) is 6.10 Å². The molecule has 1 aromatic rings. The molecule has 1 N–H and O–H groups in total. The van der Waals surface area contributed by atoms with Gasteiger partial charge in [-0.3, -0.25) is 4.79 Å². The number of rotatable bonds is 4. The van der Waals surface area contributed by atoms with E-state index in [9.17, 15) is 4.79 Å². The lowest BCUT2D eigenvalue weighted by Gasteiger charge is -2.27. The normalized spacial score (nSPS) is 22.6. The van der Waals surface area contributed by atoms with Crippen LogP contribution in [0.3, 0.4) is 0 Å². The fourth-order valence-corrected chi connectivity index (χ4v) is 3.63.